The molecule has 1 N–H and O–H groups in total. The minimum Gasteiger partial charge on any atom is -0.313 e. The van der Waals surface area contributed by atoms with Crippen LogP contribution in [-0.2, 0) is 13.1 Å². The lowest BCUT2D eigenvalue weighted by molar-refractivity contribution is 0.139. The second-order valence-corrected chi connectivity index (χ2v) is 6.45. The second-order valence-electron chi connectivity index (χ2n) is 6.45. The van der Waals surface area contributed by atoms with Crippen molar-refractivity contribution in [3.8, 4) is 0 Å². The summed E-state index contributed by atoms with van der Waals surface area (Å²) in [5.74, 6) is 0. The summed E-state index contributed by atoms with van der Waals surface area (Å²) < 4.78 is 0. The van der Waals surface area contributed by atoms with Gasteiger partial charge >= 0.3 is 0 Å². The van der Waals surface area contributed by atoms with Gasteiger partial charge in [-0.15, -0.1) is 0 Å². The van der Waals surface area contributed by atoms with Crippen LogP contribution in [0, 0.1) is 0 Å². The number of hydrogen-bond acceptors (Lipinski definition) is 3. The smallest absolute Gasteiger partial charge is 0.0233 e. The first-order valence-electron chi connectivity index (χ1n) is 8.36. The third-order valence-electron chi connectivity index (χ3n) is 4.49. The van der Waals surface area contributed by atoms with E-state index in [-0.39, 0.29) is 0 Å². The van der Waals surface area contributed by atoms with Crippen LogP contribution in [0.15, 0.2) is 24.3 Å². The highest BCUT2D eigenvalue weighted by molar-refractivity contribution is 5.23. The number of benzene rings is 1. The molecule has 1 heterocycles. The highest BCUT2D eigenvalue weighted by Gasteiger charge is 2.20. The molecule has 1 aromatic carbocycles. The summed E-state index contributed by atoms with van der Waals surface area (Å²) in [6, 6.07) is 9.77. The van der Waals surface area contributed by atoms with E-state index in [9.17, 15) is 0 Å². The molecule has 3 heteroatoms. The fourth-order valence-corrected chi connectivity index (χ4v) is 3.10. The molecule has 21 heavy (non-hydrogen) atoms. The highest BCUT2D eigenvalue weighted by Crippen LogP contribution is 2.17. The first-order valence-corrected chi connectivity index (χ1v) is 8.36. The molecule has 118 valence electrons. The van der Waals surface area contributed by atoms with E-state index < -0.39 is 0 Å². The molecule has 0 spiro atoms. The van der Waals surface area contributed by atoms with E-state index in [1.54, 1.807) is 0 Å². The predicted octanol–water partition coefficient (Wildman–Crippen LogP) is 2.71. The van der Waals surface area contributed by atoms with E-state index >= 15 is 0 Å². The fraction of sp³-hybridized carbons (Fsp3) is 0.667. The Labute approximate surface area is 130 Å². The number of likely N-dealkylation sites (tertiary alicyclic amines) is 1. The summed E-state index contributed by atoms with van der Waals surface area (Å²) in [6.45, 7) is 7.82. The standard InChI is InChI=1S/C18H31N3/c1-4-10-19-14-16-6-5-7-17(13-16)15-21(3)18-8-11-20(2)12-9-18/h5-7,13,18-19H,4,8-12,14-15H2,1-3H3. The van der Waals surface area contributed by atoms with Gasteiger partial charge in [0.1, 0.15) is 0 Å². The number of piperidine rings is 1. The third kappa shape index (κ3) is 5.42. The van der Waals surface area contributed by atoms with E-state index in [4.69, 9.17) is 0 Å². The van der Waals surface area contributed by atoms with Crippen molar-refractivity contribution in [3.05, 3.63) is 35.4 Å². The molecule has 1 aliphatic rings. The summed E-state index contributed by atoms with van der Waals surface area (Å²) in [7, 11) is 4.50. The molecule has 0 aromatic heterocycles. The number of hydrogen-bond donors (Lipinski definition) is 1. The van der Waals surface area contributed by atoms with Crippen molar-refractivity contribution in [2.24, 2.45) is 0 Å². The zero-order valence-electron chi connectivity index (χ0n) is 13.9. The molecular formula is C18H31N3. The van der Waals surface area contributed by atoms with Crippen molar-refractivity contribution in [1.82, 2.24) is 15.1 Å². The molecule has 0 amide bonds. The summed E-state index contributed by atoms with van der Waals surface area (Å²) in [6.07, 6.45) is 3.79. The van der Waals surface area contributed by atoms with E-state index in [0.29, 0.717) is 0 Å². The van der Waals surface area contributed by atoms with Gasteiger partial charge in [0.05, 0.1) is 0 Å². The first kappa shape index (κ1) is 16.5. The topological polar surface area (TPSA) is 18.5 Å². The van der Waals surface area contributed by atoms with Crippen LogP contribution in [-0.4, -0.2) is 49.6 Å². The Morgan fingerprint density at radius 2 is 1.95 bits per heavy atom. The Kier molecular flexibility index (Phi) is 6.68. The monoisotopic (exact) mass is 289 g/mol. The van der Waals surface area contributed by atoms with E-state index in [0.717, 1.165) is 25.7 Å². The molecule has 0 aliphatic carbocycles. The summed E-state index contributed by atoms with van der Waals surface area (Å²) >= 11 is 0. The summed E-state index contributed by atoms with van der Waals surface area (Å²) in [5, 5.41) is 3.48. The predicted molar refractivity (Wildman–Crippen MR) is 90.4 cm³/mol. The van der Waals surface area contributed by atoms with Gasteiger partial charge in [-0.3, -0.25) is 4.90 Å². The first-order chi connectivity index (χ1) is 10.2. The van der Waals surface area contributed by atoms with Gasteiger partial charge in [-0.2, -0.15) is 0 Å². The molecule has 3 nitrogen and oxygen atoms in total. The van der Waals surface area contributed by atoms with Gasteiger partial charge in [0.25, 0.3) is 0 Å². The molecule has 0 unspecified atom stereocenters. The fourth-order valence-electron chi connectivity index (χ4n) is 3.10. The number of nitrogens with one attached hydrogen (secondary N) is 1. The van der Waals surface area contributed by atoms with Crippen LogP contribution in [0.1, 0.15) is 37.3 Å². The minimum atomic E-state index is 0.739. The lowest BCUT2D eigenvalue weighted by atomic mass is 10.0. The van der Waals surface area contributed by atoms with Crippen LogP contribution < -0.4 is 5.32 Å². The van der Waals surface area contributed by atoms with Crippen molar-refractivity contribution in [3.63, 3.8) is 0 Å². The molecule has 0 radical (unpaired) electrons. The highest BCUT2D eigenvalue weighted by atomic mass is 15.2. The number of nitrogens with zero attached hydrogens (tertiary/aromatic N) is 2. The zero-order valence-corrected chi connectivity index (χ0v) is 13.9. The normalized spacial score (nSPS) is 17.5. The van der Waals surface area contributed by atoms with Gasteiger partial charge < -0.3 is 10.2 Å². The molecule has 1 saturated heterocycles. The van der Waals surface area contributed by atoms with Crippen LogP contribution in [0.2, 0.25) is 0 Å². The van der Waals surface area contributed by atoms with E-state index in [2.05, 4.69) is 60.4 Å². The van der Waals surface area contributed by atoms with Gasteiger partial charge in [0, 0.05) is 19.1 Å². The van der Waals surface area contributed by atoms with Crippen LogP contribution in [0.25, 0.3) is 0 Å². The van der Waals surface area contributed by atoms with Crippen molar-refractivity contribution in [1.29, 1.82) is 0 Å². The Bertz CT molecular complexity index is 411. The van der Waals surface area contributed by atoms with Crippen molar-refractivity contribution in [2.45, 2.75) is 45.3 Å². The summed E-state index contributed by atoms with van der Waals surface area (Å²) in [4.78, 5) is 4.97. The largest absolute Gasteiger partial charge is 0.313 e. The van der Waals surface area contributed by atoms with Gasteiger partial charge in [0.2, 0.25) is 0 Å². The average Bonchev–Trinajstić information content (AvgIpc) is 2.48. The SMILES string of the molecule is CCCNCc1cccc(CN(C)C2CCN(C)CC2)c1. The Balaban J connectivity index is 1.85. The lowest BCUT2D eigenvalue weighted by Crippen LogP contribution is -2.41. The average molecular weight is 289 g/mol. The minimum absolute atomic E-state index is 0.739. The molecular weight excluding hydrogens is 258 g/mol. The Morgan fingerprint density at radius 3 is 2.67 bits per heavy atom. The van der Waals surface area contributed by atoms with Gasteiger partial charge in [-0.1, -0.05) is 31.2 Å². The number of rotatable bonds is 7. The van der Waals surface area contributed by atoms with Crippen molar-refractivity contribution >= 4 is 0 Å². The van der Waals surface area contributed by atoms with Crippen LogP contribution in [0.5, 0.6) is 0 Å². The summed E-state index contributed by atoms with van der Waals surface area (Å²) in [5.41, 5.74) is 2.84. The molecule has 0 saturated carbocycles. The maximum absolute atomic E-state index is 3.48. The second kappa shape index (κ2) is 8.52. The maximum Gasteiger partial charge on any atom is 0.0233 e. The van der Waals surface area contributed by atoms with Gasteiger partial charge in [0.15, 0.2) is 0 Å². The quantitative estimate of drug-likeness (QED) is 0.779. The lowest BCUT2D eigenvalue weighted by Gasteiger charge is -2.35. The Morgan fingerprint density at radius 1 is 1.24 bits per heavy atom. The molecule has 1 fully saturated rings. The van der Waals surface area contributed by atoms with Crippen molar-refractivity contribution < 1.29 is 0 Å². The Hall–Kier alpha value is -0.900. The molecule has 1 aliphatic heterocycles. The van der Waals surface area contributed by atoms with Crippen LogP contribution >= 0.6 is 0 Å². The molecule has 0 atom stereocenters. The zero-order chi connectivity index (χ0) is 15.1. The van der Waals surface area contributed by atoms with E-state index in [1.807, 2.05) is 0 Å². The van der Waals surface area contributed by atoms with Gasteiger partial charge in [-0.25, -0.2) is 0 Å². The van der Waals surface area contributed by atoms with Crippen LogP contribution in [0.3, 0.4) is 0 Å². The van der Waals surface area contributed by atoms with Crippen LogP contribution in [0.4, 0.5) is 0 Å². The third-order valence-corrected chi connectivity index (χ3v) is 4.49. The maximum atomic E-state index is 3.48. The molecule has 2 rings (SSSR count). The van der Waals surface area contributed by atoms with E-state index in [1.165, 1.54) is 43.5 Å². The van der Waals surface area contributed by atoms with Gasteiger partial charge in [-0.05, 0) is 64.1 Å². The van der Waals surface area contributed by atoms with Crippen molar-refractivity contribution in [2.75, 3.05) is 33.7 Å². The molecule has 1 aromatic rings. The molecule has 0 bridgehead atoms.